The van der Waals surface area contributed by atoms with Crippen LogP contribution < -0.4 is 10.1 Å². The minimum absolute atomic E-state index is 0.00192. The molecule has 1 N–H and O–H groups in total. The highest BCUT2D eigenvalue weighted by molar-refractivity contribution is 6.33. The number of amides is 1. The van der Waals surface area contributed by atoms with Crippen molar-refractivity contribution in [3.63, 3.8) is 0 Å². The molecule has 0 fully saturated rings. The van der Waals surface area contributed by atoms with Crippen LogP contribution in [0.2, 0.25) is 5.15 Å². The quantitative estimate of drug-likeness (QED) is 0.566. The zero-order chi connectivity index (χ0) is 22.7. The van der Waals surface area contributed by atoms with Crippen molar-refractivity contribution in [2.45, 2.75) is 26.9 Å². The lowest BCUT2D eigenvalue weighted by molar-refractivity contribution is -0.123. The Morgan fingerprint density at radius 3 is 2.48 bits per heavy atom. The lowest BCUT2D eigenvalue weighted by atomic mass is 10.2. The van der Waals surface area contributed by atoms with Gasteiger partial charge in [0.1, 0.15) is 22.3 Å². The van der Waals surface area contributed by atoms with Gasteiger partial charge in [-0.25, -0.2) is 13.9 Å². The van der Waals surface area contributed by atoms with Crippen LogP contribution in [-0.2, 0) is 9.53 Å². The second kappa shape index (κ2) is 9.18. The molecule has 3 rings (SSSR count). The summed E-state index contributed by atoms with van der Waals surface area (Å²) in [5.74, 6) is -1.25. The fourth-order valence-electron chi connectivity index (χ4n) is 2.91. The first-order valence-corrected chi connectivity index (χ1v) is 9.76. The lowest BCUT2D eigenvalue weighted by Gasteiger charge is -2.15. The van der Waals surface area contributed by atoms with Gasteiger partial charge in [-0.05, 0) is 62.7 Å². The summed E-state index contributed by atoms with van der Waals surface area (Å²) >= 11 is 6.34. The van der Waals surface area contributed by atoms with Crippen molar-refractivity contribution in [1.82, 2.24) is 9.78 Å². The van der Waals surface area contributed by atoms with E-state index in [2.05, 4.69) is 10.4 Å². The normalized spacial score (nSPS) is 11.7. The summed E-state index contributed by atoms with van der Waals surface area (Å²) in [7, 11) is 1.49. The Balaban J connectivity index is 1.76. The number of aryl methyl sites for hydroxylation is 2. The molecule has 1 atom stereocenters. The van der Waals surface area contributed by atoms with Gasteiger partial charge in [0, 0.05) is 0 Å². The van der Waals surface area contributed by atoms with Crippen LogP contribution in [0.4, 0.5) is 10.1 Å². The molecule has 31 heavy (non-hydrogen) atoms. The van der Waals surface area contributed by atoms with E-state index in [4.69, 9.17) is 21.1 Å². The molecule has 0 bridgehead atoms. The number of carbonyl (C=O) groups is 2. The third kappa shape index (κ3) is 4.86. The fourth-order valence-corrected chi connectivity index (χ4v) is 3.26. The zero-order valence-electron chi connectivity index (χ0n) is 17.4. The highest BCUT2D eigenvalue weighted by Crippen LogP contribution is 2.27. The Hall–Kier alpha value is -3.39. The molecule has 0 saturated carbocycles. The summed E-state index contributed by atoms with van der Waals surface area (Å²) in [5.41, 5.74) is 2.21. The van der Waals surface area contributed by atoms with Gasteiger partial charge in [-0.2, -0.15) is 5.10 Å². The number of ether oxygens (including phenoxy) is 2. The van der Waals surface area contributed by atoms with Crippen molar-refractivity contribution < 1.29 is 23.5 Å². The molecule has 0 aliphatic heterocycles. The molecule has 1 aromatic heterocycles. The van der Waals surface area contributed by atoms with Crippen LogP contribution in [0.25, 0.3) is 5.69 Å². The highest BCUT2D eigenvalue weighted by Gasteiger charge is 2.26. The van der Waals surface area contributed by atoms with Crippen molar-refractivity contribution in [1.29, 1.82) is 0 Å². The number of benzene rings is 2. The number of carbonyl (C=O) groups excluding carboxylic acids is 2. The molecule has 0 spiro atoms. The van der Waals surface area contributed by atoms with Gasteiger partial charge in [0.15, 0.2) is 6.10 Å². The molecular formula is C22H21ClFN3O4. The molecule has 9 heteroatoms. The average Bonchev–Trinajstić information content (AvgIpc) is 3.02. The topological polar surface area (TPSA) is 82.4 Å². The minimum Gasteiger partial charge on any atom is -0.495 e. The number of hydrogen-bond donors (Lipinski definition) is 1. The summed E-state index contributed by atoms with van der Waals surface area (Å²) in [5, 5.41) is 6.92. The first-order valence-electron chi connectivity index (χ1n) is 9.38. The highest BCUT2D eigenvalue weighted by atomic mass is 35.5. The summed E-state index contributed by atoms with van der Waals surface area (Å²) in [6.45, 7) is 4.91. The number of rotatable bonds is 6. The Kier molecular flexibility index (Phi) is 6.60. The number of aromatic nitrogens is 2. The van der Waals surface area contributed by atoms with Crippen molar-refractivity contribution in [3.8, 4) is 11.4 Å². The predicted molar refractivity (Wildman–Crippen MR) is 115 cm³/mol. The molecule has 1 unspecified atom stereocenters. The molecule has 3 aromatic rings. The number of halogens is 2. The van der Waals surface area contributed by atoms with Crippen LogP contribution in [0, 0.1) is 19.7 Å². The average molecular weight is 446 g/mol. The summed E-state index contributed by atoms with van der Waals surface area (Å²) in [6, 6.07) is 10.8. The van der Waals surface area contributed by atoms with Crippen LogP contribution in [0.15, 0.2) is 42.5 Å². The first-order chi connectivity index (χ1) is 14.7. The second-order valence-corrected chi connectivity index (χ2v) is 7.24. The van der Waals surface area contributed by atoms with Crippen molar-refractivity contribution in [2.75, 3.05) is 12.4 Å². The third-order valence-electron chi connectivity index (χ3n) is 4.55. The number of hydrogen-bond acceptors (Lipinski definition) is 5. The Labute approximate surface area is 183 Å². The lowest BCUT2D eigenvalue weighted by Crippen LogP contribution is -2.30. The molecule has 0 aliphatic carbocycles. The number of methoxy groups -OCH3 is 1. The van der Waals surface area contributed by atoms with E-state index in [9.17, 15) is 14.0 Å². The molecule has 0 aliphatic rings. The van der Waals surface area contributed by atoms with Gasteiger partial charge >= 0.3 is 5.97 Å². The predicted octanol–water partition coefficient (Wildman–Crippen LogP) is 4.47. The number of anilines is 1. The standard InChI is InChI=1S/C22H21ClFN3O4/c1-12-5-10-18(30-4)17(11-12)25-21(28)14(3)31-22(29)19-13(2)26-27(20(19)23)16-8-6-15(24)7-9-16/h5-11,14H,1-4H3,(H,25,28). The zero-order valence-corrected chi connectivity index (χ0v) is 18.2. The molecule has 1 heterocycles. The minimum atomic E-state index is -1.11. The van der Waals surface area contributed by atoms with Crippen molar-refractivity contribution in [3.05, 3.63) is 70.3 Å². The van der Waals surface area contributed by atoms with Gasteiger partial charge in [-0.3, -0.25) is 4.79 Å². The molecule has 0 saturated heterocycles. The van der Waals surface area contributed by atoms with Gasteiger partial charge in [0.2, 0.25) is 0 Å². The summed E-state index contributed by atoms with van der Waals surface area (Å²) in [6.07, 6.45) is -1.11. The molecule has 162 valence electrons. The van der Waals surface area contributed by atoms with E-state index in [0.717, 1.165) is 5.56 Å². The van der Waals surface area contributed by atoms with Gasteiger partial charge in [0.25, 0.3) is 5.91 Å². The van der Waals surface area contributed by atoms with Gasteiger partial charge < -0.3 is 14.8 Å². The monoisotopic (exact) mass is 445 g/mol. The maximum atomic E-state index is 13.2. The molecule has 7 nitrogen and oxygen atoms in total. The van der Waals surface area contributed by atoms with Crippen molar-refractivity contribution in [2.24, 2.45) is 0 Å². The third-order valence-corrected chi connectivity index (χ3v) is 4.89. The first kappa shape index (κ1) is 22.3. The molecular weight excluding hydrogens is 425 g/mol. The summed E-state index contributed by atoms with van der Waals surface area (Å²) < 4.78 is 25.0. The van der Waals surface area contributed by atoms with Gasteiger partial charge in [-0.15, -0.1) is 0 Å². The number of esters is 1. The Bertz CT molecular complexity index is 1130. The van der Waals surface area contributed by atoms with E-state index in [0.29, 0.717) is 22.8 Å². The Morgan fingerprint density at radius 1 is 1.16 bits per heavy atom. The summed E-state index contributed by atoms with van der Waals surface area (Å²) in [4.78, 5) is 25.3. The van der Waals surface area contributed by atoms with E-state index in [1.165, 1.54) is 43.0 Å². The second-order valence-electron chi connectivity index (χ2n) is 6.88. The number of nitrogens with zero attached hydrogens (tertiary/aromatic N) is 2. The SMILES string of the molecule is COc1ccc(C)cc1NC(=O)C(C)OC(=O)c1c(C)nn(-c2ccc(F)cc2)c1Cl. The van der Waals surface area contributed by atoms with E-state index in [1.807, 2.05) is 13.0 Å². The van der Waals surface area contributed by atoms with E-state index in [1.54, 1.807) is 19.1 Å². The van der Waals surface area contributed by atoms with Crippen LogP contribution >= 0.6 is 11.6 Å². The molecule has 0 radical (unpaired) electrons. The largest absolute Gasteiger partial charge is 0.495 e. The van der Waals surface area contributed by atoms with Gasteiger partial charge in [0.05, 0.1) is 24.2 Å². The number of nitrogens with one attached hydrogen (secondary N) is 1. The molecule has 1 amide bonds. The Morgan fingerprint density at radius 2 is 1.84 bits per heavy atom. The smallest absolute Gasteiger partial charge is 0.344 e. The van der Waals surface area contributed by atoms with E-state index in [-0.39, 0.29) is 10.7 Å². The maximum Gasteiger partial charge on any atom is 0.344 e. The maximum absolute atomic E-state index is 13.2. The molecule has 2 aromatic carbocycles. The van der Waals surface area contributed by atoms with Crippen LogP contribution in [0.3, 0.4) is 0 Å². The van der Waals surface area contributed by atoms with Crippen molar-refractivity contribution >= 4 is 29.2 Å². The van der Waals surface area contributed by atoms with E-state index >= 15 is 0 Å². The van der Waals surface area contributed by atoms with Crippen LogP contribution in [-0.4, -0.2) is 34.9 Å². The van der Waals surface area contributed by atoms with E-state index < -0.39 is 23.8 Å². The van der Waals surface area contributed by atoms with Gasteiger partial charge in [-0.1, -0.05) is 17.7 Å². The van der Waals surface area contributed by atoms with Crippen LogP contribution in [0.1, 0.15) is 28.5 Å². The van der Waals surface area contributed by atoms with Crippen LogP contribution in [0.5, 0.6) is 5.75 Å². The fraction of sp³-hybridized carbons (Fsp3) is 0.227.